The van der Waals surface area contributed by atoms with Gasteiger partial charge in [0.2, 0.25) is 0 Å². The summed E-state index contributed by atoms with van der Waals surface area (Å²) < 4.78 is 0. The molecule has 0 aliphatic carbocycles. The maximum atomic E-state index is 4.56. The molecule has 312 valence electrons. The van der Waals surface area contributed by atoms with E-state index in [2.05, 4.69) is 290 Å². The molecular weight excluding hydrogens is 1030 g/mol. The molecule has 0 spiro atoms. The van der Waals surface area contributed by atoms with Crippen molar-refractivity contribution in [3.63, 3.8) is 0 Å². The maximum absolute atomic E-state index is 4.56. The fraction of sp³-hybridized carbons (Fsp3) is 0. The normalized spacial score (nSPS) is 10.1. The minimum Gasteiger partial charge on any atom is -0.256 e. The Morgan fingerprint density at radius 1 is 0.230 bits per heavy atom. The van der Waals surface area contributed by atoms with Crippen molar-refractivity contribution in [1.82, 2.24) is 15.0 Å². The van der Waals surface area contributed by atoms with Gasteiger partial charge in [0.1, 0.15) is 0 Å². The Morgan fingerprint density at radius 3 is 0.541 bits per heavy atom. The minimum atomic E-state index is -0.557. The van der Waals surface area contributed by atoms with Crippen molar-refractivity contribution in [2.75, 3.05) is 0 Å². The van der Waals surface area contributed by atoms with Gasteiger partial charge in [0.25, 0.3) is 0 Å². The Labute approximate surface area is 395 Å². The van der Waals surface area contributed by atoms with E-state index in [4.69, 9.17) is 0 Å². The summed E-state index contributed by atoms with van der Waals surface area (Å²) in [5, 5.41) is 8.01. The molecule has 3 heterocycles. The molecule has 0 aliphatic rings. The minimum absolute atomic E-state index is 0.557. The average Bonchev–Trinajstić information content (AvgIpc) is 3.37. The second-order valence-corrected chi connectivity index (χ2v) is 19.1. The van der Waals surface area contributed by atoms with Gasteiger partial charge in [-0.15, -0.1) is 0 Å². The Hall–Kier alpha value is -3.94. The van der Waals surface area contributed by atoms with Gasteiger partial charge in [0.15, 0.2) is 0 Å². The van der Waals surface area contributed by atoms with E-state index < -0.39 is 23.8 Å². The van der Waals surface area contributed by atoms with Gasteiger partial charge >= 0.3 is 56.6 Å². The second kappa shape index (κ2) is 28.6. The van der Waals surface area contributed by atoms with Crippen molar-refractivity contribution in [3.8, 4) is 0 Å². The molecule has 3 nitrogen and oxygen atoms in total. The first-order valence-electron chi connectivity index (χ1n) is 19.0. The fourth-order valence-corrected chi connectivity index (χ4v) is 12.7. The van der Waals surface area contributed by atoms with Crippen LogP contribution in [0.3, 0.4) is 0 Å². The molecule has 0 unspecified atom stereocenters. The van der Waals surface area contributed by atoms with Gasteiger partial charge < -0.3 is 0 Å². The quantitative estimate of drug-likeness (QED) is 0.107. The Balaban J connectivity index is 0.000000166. The van der Waals surface area contributed by atoms with Crippen molar-refractivity contribution in [1.29, 1.82) is 0 Å². The third-order valence-electron chi connectivity index (χ3n) is 8.72. The van der Waals surface area contributed by atoms with Crippen LogP contribution in [0.1, 0.15) is 0 Å². The molecule has 9 rings (SSSR count). The Kier molecular flexibility index (Phi) is 22.6. The van der Waals surface area contributed by atoms with E-state index >= 15 is 0 Å². The summed E-state index contributed by atoms with van der Waals surface area (Å²) >= 11 is 13.0. The molecule has 0 radical (unpaired) electrons. The molecular formula is C51H42Br2Cu2N3P3. The number of aromatic nitrogens is 3. The van der Waals surface area contributed by atoms with E-state index in [1.165, 1.54) is 31.8 Å². The molecule has 0 N–H and O–H groups in total. The number of hydrogen-bond acceptors (Lipinski definition) is 3. The third kappa shape index (κ3) is 15.1. The van der Waals surface area contributed by atoms with Gasteiger partial charge in [-0.1, -0.05) is 200 Å². The van der Waals surface area contributed by atoms with Crippen molar-refractivity contribution >= 4 is 100 Å². The topological polar surface area (TPSA) is 38.7 Å². The number of benzene rings is 6. The van der Waals surface area contributed by atoms with Gasteiger partial charge in [0.05, 0.1) is 16.3 Å². The van der Waals surface area contributed by atoms with E-state index in [-0.39, 0.29) is 0 Å². The van der Waals surface area contributed by atoms with Crippen molar-refractivity contribution in [3.05, 3.63) is 255 Å². The summed E-state index contributed by atoms with van der Waals surface area (Å²) in [6.07, 6.45) is 5.61. The predicted octanol–water partition coefficient (Wildman–Crippen LogP) is 10.2. The smallest absolute Gasteiger partial charge is 0.0720 e. The molecule has 9 aromatic rings. The molecule has 0 saturated carbocycles. The molecule has 10 heteroatoms. The zero-order valence-electron chi connectivity index (χ0n) is 32.8. The Bertz CT molecular complexity index is 1890. The third-order valence-corrected chi connectivity index (χ3v) is 15.8. The molecule has 6 aromatic carbocycles. The molecule has 0 fully saturated rings. The standard InChI is InChI=1S/3C17H14NP.2BrH.2Cu/c3*1-3-9-15(10-4-1)19(16-11-5-2-6-12-16)17-13-7-8-14-18-17;;;;/h3*1-14H;2*1H;;/q;;;;;2*+1/p-2. The van der Waals surface area contributed by atoms with E-state index in [1.807, 2.05) is 36.8 Å². The zero-order valence-corrected chi connectivity index (χ0v) is 40.5. The van der Waals surface area contributed by atoms with Crippen LogP contribution < -0.4 is 48.1 Å². The number of rotatable bonds is 9. The predicted molar refractivity (Wildman–Crippen MR) is 267 cm³/mol. The van der Waals surface area contributed by atoms with Gasteiger partial charge in [-0.2, -0.15) is 0 Å². The summed E-state index contributed by atoms with van der Waals surface area (Å²) in [6.45, 7) is 0. The van der Waals surface area contributed by atoms with Crippen molar-refractivity contribution in [2.45, 2.75) is 0 Å². The van der Waals surface area contributed by atoms with Crippen LogP contribution in [-0.4, -0.2) is 15.0 Å². The van der Waals surface area contributed by atoms with Crippen LogP contribution in [0.15, 0.2) is 255 Å². The monoisotopic (exact) mass is 1070 g/mol. The molecule has 3 aromatic heterocycles. The summed E-state index contributed by atoms with van der Waals surface area (Å²) in [5.74, 6) is 0. The molecule has 0 aliphatic heterocycles. The SMILES string of the molecule is [Cu][Br].[Cu][Br].c1ccc(P(c2ccccc2)c2ccccn2)cc1.c1ccc(P(c2ccccc2)c2ccccn2)cc1.c1ccc(P(c2ccccc2)c2ccccn2)cc1. The van der Waals surface area contributed by atoms with E-state index in [9.17, 15) is 0 Å². The molecule has 0 saturated heterocycles. The van der Waals surface area contributed by atoms with Gasteiger partial charge in [-0.05, 0) is 68.2 Å². The first-order chi connectivity index (χ1) is 30.3. The van der Waals surface area contributed by atoms with Crippen LogP contribution in [0.25, 0.3) is 0 Å². The van der Waals surface area contributed by atoms with Crippen molar-refractivity contribution < 1.29 is 28.4 Å². The van der Waals surface area contributed by atoms with Gasteiger partial charge in [-0.3, -0.25) is 15.0 Å². The summed E-state index contributed by atoms with van der Waals surface area (Å²) in [6, 6.07) is 82.1. The van der Waals surface area contributed by atoms with Crippen LogP contribution in [0.4, 0.5) is 0 Å². The first kappa shape index (κ1) is 48.1. The van der Waals surface area contributed by atoms with Gasteiger partial charge in [-0.25, -0.2) is 0 Å². The number of hydrogen-bond donors (Lipinski definition) is 0. The first-order valence-corrected chi connectivity index (χ1v) is 27.7. The molecule has 61 heavy (non-hydrogen) atoms. The number of pyridine rings is 3. The largest absolute Gasteiger partial charge is 0.256 e. The van der Waals surface area contributed by atoms with Crippen LogP contribution in [0, 0.1) is 0 Å². The van der Waals surface area contributed by atoms with Crippen LogP contribution in [-0.2, 0) is 28.4 Å². The maximum Gasteiger partial charge on any atom is 0.0720 e. The fourth-order valence-electron chi connectivity index (χ4n) is 6.16. The zero-order chi connectivity index (χ0) is 42.7. The van der Waals surface area contributed by atoms with Gasteiger partial charge in [0, 0.05) is 42.4 Å². The van der Waals surface area contributed by atoms with E-state index in [1.54, 1.807) is 0 Å². The average molecular weight is 1080 g/mol. The Morgan fingerprint density at radius 2 is 0.393 bits per heavy atom. The second-order valence-electron chi connectivity index (χ2n) is 12.6. The summed E-state index contributed by atoms with van der Waals surface area (Å²) in [4.78, 5) is 13.7. The summed E-state index contributed by atoms with van der Waals surface area (Å²) in [7, 11) is -1.67. The van der Waals surface area contributed by atoms with Crippen LogP contribution in [0.5, 0.6) is 0 Å². The number of halogens is 2. The van der Waals surface area contributed by atoms with Crippen LogP contribution in [0.2, 0.25) is 0 Å². The summed E-state index contributed by atoms with van der Waals surface area (Å²) in [5.41, 5.74) is 3.44. The van der Waals surface area contributed by atoms with Crippen LogP contribution >= 0.6 is 52.0 Å². The molecule has 0 bridgehead atoms. The van der Waals surface area contributed by atoms with E-state index in [0.717, 1.165) is 16.3 Å². The number of nitrogens with zero attached hydrogens (tertiary/aromatic N) is 3. The van der Waals surface area contributed by atoms with Crippen molar-refractivity contribution in [2.24, 2.45) is 0 Å². The molecule has 0 amide bonds. The van der Waals surface area contributed by atoms with E-state index in [0.29, 0.717) is 0 Å². The molecule has 0 atom stereocenters.